The van der Waals surface area contributed by atoms with Gasteiger partial charge in [-0.1, -0.05) is 0 Å². The predicted molar refractivity (Wildman–Crippen MR) is 58.9 cm³/mol. The zero-order chi connectivity index (χ0) is 11.6. The van der Waals surface area contributed by atoms with Crippen molar-refractivity contribution in [1.29, 1.82) is 0 Å². The van der Waals surface area contributed by atoms with Crippen molar-refractivity contribution in [3.63, 3.8) is 0 Å². The molecule has 84 valence electrons. The first-order chi connectivity index (χ1) is 6.97. The summed E-state index contributed by atoms with van der Waals surface area (Å²) in [4.78, 5) is 16.5. The van der Waals surface area contributed by atoms with E-state index in [1.165, 1.54) is 4.90 Å². The SMILES string of the molecule is Cc1cc(C)c(C(=O)N(C)C(C)CO)[nH]1. The number of aromatic amines is 1. The van der Waals surface area contributed by atoms with Crippen LogP contribution in [0.15, 0.2) is 6.07 Å². The number of hydrogen-bond acceptors (Lipinski definition) is 2. The van der Waals surface area contributed by atoms with Gasteiger partial charge in [0, 0.05) is 12.7 Å². The molecule has 1 rings (SSSR count). The van der Waals surface area contributed by atoms with Gasteiger partial charge in [0.2, 0.25) is 0 Å². The number of carbonyl (C=O) groups is 1. The van der Waals surface area contributed by atoms with Crippen LogP contribution < -0.4 is 0 Å². The highest BCUT2D eigenvalue weighted by atomic mass is 16.3. The van der Waals surface area contributed by atoms with Gasteiger partial charge < -0.3 is 15.0 Å². The number of amides is 1. The molecule has 1 unspecified atom stereocenters. The van der Waals surface area contributed by atoms with E-state index in [1.807, 2.05) is 26.8 Å². The van der Waals surface area contributed by atoms with Crippen molar-refractivity contribution in [2.75, 3.05) is 13.7 Å². The molecule has 4 nitrogen and oxygen atoms in total. The van der Waals surface area contributed by atoms with Gasteiger partial charge in [-0.3, -0.25) is 4.79 Å². The summed E-state index contributed by atoms with van der Waals surface area (Å²) in [6.07, 6.45) is 0. The van der Waals surface area contributed by atoms with Crippen molar-refractivity contribution < 1.29 is 9.90 Å². The normalized spacial score (nSPS) is 12.6. The number of aryl methyl sites for hydroxylation is 2. The third kappa shape index (κ3) is 2.39. The number of aromatic nitrogens is 1. The molecule has 0 saturated carbocycles. The van der Waals surface area contributed by atoms with Crippen LogP contribution >= 0.6 is 0 Å². The maximum absolute atomic E-state index is 12.0. The van der Waals surface area contributed by atoms with E-state index in [9.17, 15) is 4.79 Å². The van der Waals surface area contributed by atoms with Crippen LogP contribution in [0.5, 0.6) is 0 Å². The summed E-state index contributed by atoms with van der Waals surface area (Å²) in [6, 6.07) is 1.77. The standard InChI is InChI=1S/C11H18N2O2/c1-7-5-8(2)12-10(7)11(15)13(4)9(3)6-14/h5,9,12,14H,6H2,1-4H3. The lowest BCUT2D eigenvalue weighted by Crippen LogP contribution is -2.37. The number of nitrogens with one attached hydrogen (secondary N) is 1. The molecule has 4 heteroatoms. The first-order valence-electron chi connectivity index (χ1n) is 5.01. The van der Waals surface area contributed by atoms with Crippen LogP contribution in [0.2, 0.25) is 0 Å². The Morgan fingerprint density at radius 2 is 2.20 bits per heavy atom. The van der Waals surface area contributed by atoms with Gasteiger partial charge in [0.05, 0.1) is 12.6 Å². The van der Waals surface area contributed by atoms with Gasteiger partial charge in [0.15, 0.2) is 0 Å². The van der Waals surface area contributed by atoms with Crippen molar-refractivity contribution in [1.82, 2.24) is 9.88 Å². The summed E-state index contributed by atoms with van der Waals surface area (Å²) in [5.74, 6) is -0.0813. The molecule has 15 heavy (non-hydrogen) atoms. The zero-order valence-corrected chi connectivity index (χ0v) is 9.66. The Morgan fingerprint density at radius 1 is 1.60 bits per heavy atom. The Bertz CT molecular complexity index is 357. The number of aliphatic hydroxyl groups excluding tert-OH is 1. The fourth-order valence-electron chi connectivity index (χ4n) is 1.45. The van der Waals surface area contributed by atoms with Gasteiger partial charge >= 0.3 is 0 Å². The summed E-state index contributed by atoms with van der Waals surface area (Å²) < 4.78 is 0. The van der Waals surface area contributed by atoms with Crippen molar-refractivity contribution in [3.8, 4) is 0 Å². The maximum Gasteiger partial charge on any atom is 0.270 e. The fourth-order valence-corrected chi connectivity index (χ4v) is 1.45. The molecule has 1 atom stereocenters. The number of nitrogens with zero attached hydrogens (tertiary/aromatic N) is 1. The van der Waals surface area contributed by atoms with Gasteiger partial charge in [-0.25, -0.2) is 0 Å². The molecule has 0 fully saturated rings. The van der Waals surface area contributed by atoms with Crippen LogP contribution in [0.4, 0.5) is 0 Å². The Labute approximate surface area is 89.9 Å². The minimum Gasteiger partial charge on any atom is -0.394 e. The Hall–Kier alpha value is -1.29. The molecule has 1 aromatic heterocycles. The smallest absolute Gasteiger partial charge is 0.270 e. The quantitative estimate of drug-likeness (QED) is 0.784. The highest BCUT2D eigenvalue weighted by molar-refractivity contribution is 5.94. The predicted octanol–water partition coefficient (Wildman–Crippen LogP) is 1.08. The summed E-state index contributed by atoms with van der Waals surface area (Å²) in [7, 11) is 1.69. The van der Waals surface area contributed by atoms with Crippen molar-refractivity contribution in [2.45, 2.75) is 26.8 Å². The molecule has 0 aliphatic carbocycles. The second kappa shape index (κ2) is 4.49. The van der Waals surface area contributed by atoms with Crippen molar-refractivity contribution >= 4 is 5.91 Å². The molecule has 0 aromatic carbocycles. The van der Waals surface area contributed by atoms with Gasteiger partial charge in [-0.05, 0) is 32.4 Å². The molecule has 0 aliphatic heterocycles. The van der Waals surface area contributed by atoms with Gasteiger partial charge in [-0.15, -0.1) is 0 Å². The lowest BCUT2D eigenvalue weighted by atomic mass is 10.2. The van der Waals surface area contributed by atoms with Crippen LogP contribution in [0.1, 0.15) is 28.7 Å². The van der Waals surface area contributed by atoms with Crippen LogP contribution in [0.3, 0.4) is 0 Å². The number of hydrogen-bond donors (Lipinski definition) is 2. The van der Waals surface area contributed by atoms with Gasteiger partial charge in [0.1, 0.15) is 5.69 Å². The van der Waals surface area contributed by atoms with E-state index in [-0.39, 0.29) is 18.6 Å². The van der Waals surface area contributed by atoms with Gasteiger partial charge in [-0.2, -0.15) is 0 Å². The first kappa shape index (κ1) is 11.8. The second-order valence-corrected chi connectivity index (χ2v) is 3.96. The summed E-state index contributed by atoms with van der Waals surface area (Å²) in [5.41, 5.74) is 2.52. The van der Waals surface area contributed by atoms with E-state index in [1.54, 1.807) is 7.05 Å². The lowest BCUT2D eigenvalue weighted by Gasteiger charge is -2.22. The Kier molecular flexibility index (Phi) is 3.52. The molecule has 0 bridgehead atoms. The van der Waals surface area contributed by atoms with Crippen molar-refractivity contribution in [3.05, 3.63) is 23.0 Å². The van der Waals surface area contributed by atoms with Crippen LogP contribution in [-0.4, -0.2) is 40.6 Å². The van der Waals surface area contributed by atoms with E-state index in [0.29, 0.717) is 5.69 Å². The molecule has 1 heterocycles. The molecule has 0 saturated heterocycles. The molecule has 1 aromatic rings. The van der Waals surface area contributed by atoms with Gasteiger partial charge in [0.25, 0.3) is 5.91 Å². The highest BCUT2D eigenvalue weighted by Gasteiger charge is 2.19. The van der Waals surface area contributed by atoms with E-state index < -0.39 is 0 Å². The number of H-pyrrole nitrogens is 1. The summed E-state index contributed by atoms with van der Waals surface area (Å²) in [5, 5.41) is 8.97. The number of carbonyl (C=O) groups excluding carboxylic acids is 1. The molecular formula is C11H18N2O2. The molecule has 0 radical (unpaired) electrons. The van der Waals surface area contributed by atoms with E-state index in [2.05, 4.69) is 4.98 Å². The minimum absolute atomic E-state index is 0.0268. The zero-order valence-electron chi connectivity index (χ0n) is 9.66. The molecular weight excluding hydrogens is 192 g/mol. The molecule has 2 N–H and O–H groups in total. The molecule has 1 amide bonds. The lowest BCUT2D eigenvalue weighted by molar-refractivity contribution is 0.0676. The fraction of sp³-hybridized carbons (Fsp3) is 0.545. The topological polar surface area (TPSA) is 56.3 Å². The molecule has 0 aliphatic rings. The van der Waals surface area contributed by atoms with E-state index in [4.69, 9.17) is 5.11 Å². The van der Waals surface area contributed by atoms with E-state index in [0.717, 1.165) is 11.3 Å². The Balaban J connectivity index is 2.89. The maximum atomic E-state index is 12.0. The van der Waals surface area contributed by atoms with Crippen molar-refractivity contribution in [2.24, 2.45) is 0 Å². The largest absolute Gasteiger partial charge is 0.394 e. The summed E-state index contributed by atoms with van der Waals surface area (Å²) >= 11 is 0. The monoisotopic (exact) mass is 210 g/mol. The average Bonchev–Trinajstić information content (AvgIpc) is 2.54. The molecule has 0 spiro atoms. The Morgan fingerprint density at radius 3 is 2.60 bits per heavy atom. The number of rotatable bonds is 3. The van der Waals surface area contributed by atoms with Crippen LogP contribution in [0, 0.1) is 13.8 Å². The minimum atomic E-state index is -0.166. The summed E-state index contributed by atoms with van der Waals surface area (Å²) in [6.45, 7) is 5.59. The highest BCUT2D eigenvalue weighted by Crippen LogP contribution is 2.12. The van der Waals surface area contributed by atoms with E-state index >= 15 is 0 Å². The second-order valence-electron chi connectivity index (χ2n) is 3.96. The van der Waals surface area contributed by atoms with Crippen LogP contribution in [0.25, 0.3) is 0 Å². The van der Waals surface area contributed by atoms with Crippen LogP contribution in [-0.2, 0) is 0 Å². The third-order valence-electron chi connectivity index (χ3n) is 2.61. The third-order valence-corrected chi connectivity index (χ3v) is 2.61. The first-order valence-corrected chi connectivity index (χ1v) is 5.01. The number of likely N-dealkylation sites (N-methyl/N-ethyl adjacent to an activating group) is 1. The number of aliphatic hydroxyl groups is 1. The average molecular weight is 210 g/mol.